The van der Waals surface area contributed by atoms with Crippen molar-refractivity contribution in [2.45, 2.75) is 45.1 Å². The Hall–Kier alpha value is -1.84. The van der Waals surface area contributed by atoms with E-state index in [1.807, 2.05) is 23.1 Å². The van der Waals surface area contributed by atoms with E-state index in [0.29, 0.717) is 24.7 Å². The minimum absolute atomic E-state index is 0.0808. The summed E-state index contributed by atoms with van der Waals surface area (Å²) < 4.78 is 0. The zero-order valence-electron chi connectivity index (χ0n) is 12.7. The van der Waals surface area contributed by atoms with Gasteiger partial charge in [0.25, 0.3) is 5.91 Å². The molecule has 1 fully saturated rings. The highest BCUT2D eigenvalue weighted by atomic mass is 16.2. The molecule has 4 heteroatoms. The molecule has 2 amide bonds. The molecule has 0 radical (unpaired) electrons. The molecule has 1 aromatic carbocycles. The van der Waals surface area contributed by atoms with Gasteiger partial charge in [-0.2, -0.15) is 0 Å². The van der Waals surface area contributed by atoms with Crippen LogP contribution < -0.4 is 5.32 Å². The molecule has 0 atom stereocenters. The predicted molar refractivity (Wildman–Crippen MR) is 83.0 cm³/mol. The van der Waals surface area contributed by atoms with Gasteiger partial charge in [-0.05, 0) is 25.0 Å². The first kappa shape index (κ1) is 15.5. The first-order valence-electron chi connectivity index (χ1n) is 7.79. The SMILES string of the molecule is CC(=O)N(CCNC(=O)c1ccccc1)C1CCCCC1. The smallest absolute Gasteiger partial charge is 0.251 e. The van der Waals surface area contributed by atoms with E-state index in [1.165, 1.54) is 19.3 Å². The van der Waals surface area contributed by atoms with E-state index in [0.717, 1.165) is 12.8 Å². The van der Waals surface area contributed by atoms with Gasteiger partial charge in [-0.1, -0.05) is 37.5 Å². The molecule has 0 saturated heterocycles. The van der Waals surface area contributed by atoms with Crippen LogP contribution in [0.4, 0.5) is 0 Å². The number of hydrogen-bond donors (Lipinski definition) is 1. The molecule has 4 nitrogen and oxygen atoms in total. The zero-order valence-corrected chi connectivity index (χ0v) is 12.7. The predicted octanol–water partition coefficient (Wildman–Crippen LogP) is 2.60. The zero-order chi connectivity index (χ0) is 15.1. The quantitative estimate of drug-likeness (QED) is 0.905. The van der Waals surface area contributed by atoms with E-state index in [2.05, 4.69) is 5.32 Å². The summed E-state index contributed by atoms with van der Waals surface area (Å²) in [5, 5.41) is 2.89. The van der Waals surface area contributed by atoms with Crippen LogP contribution in [0, 0.1) is 0 Å². The molecule has 2 rings (SSSR count). The van der Waals surface area contributed by atoms with E-state index < -0.39 is 0 Å². The van der Waals surface area contributed by atoms with Crippen LogP contribution in [0.5, 0.6) is 0 Å². The summed E-state index contributed by atoms with van der Waals surface area (Å²) in [6.45, 7) is 2.72. The lowest BCUT2D eigenvalue weighted by Gasteiger charge is -2.33. The second-order valence-electron chi connectivity index (χ2n) is 5.63. The average molecular weight is 288 g/mol. The van der Waals surface area contributed by atoms with Crippen LogP contribution in [0.3, 0.4) is 0 Å². The van der Waals surface area contributed by atoms with Crippen LogP contribution in [0.1, 0.15) is 49.4 Å². The molecule has 0 spiro atoms. The Labute approximate surface area is 126 Å². The maximum atomic E-state index is 12.0. The van der Waals surface area contributed by atoms with Crippen LogP contribution >= 0.6 is 0 Å². The Morgan fingerprint density at radius 1 is 1.14 bits per heavy atom. The van der Waals surface area contributed by atoms with Gasteiger partial charge in [-0.25, -0.2) is 0 Å². The lowest BCUT2D eigenvalue weighted by Crippen LogP contribution is -2.44. The highest BCUT2D eigenvalue weighted by Crippen LogP contribution is 2.22. The van der Waals surface area contributed by atoms with Gasteiger partial charge in [0.15, 0.2) is 0 Å². The molecule has 0 aliphatic heterocycles. The number of nitrogens with zero attached hydrogens (tertiary/aromatic N) is 1. The molecular formula is C17H24N2O2. The number of hydrogen-bond acceptors (Lipinski definition) is 2. The van der Waals surface area contributed by atoms with Crippen molar-refractivity contribution < 1.29 is 9.59 Å². The van der Waals surface area contributed by atoms with Gasteiger partial charge in [-0.15, -0.1) is 0 Å². The summed E-state index contributed by atoms with van der Waals surface area (Å²) in [6, 6.07) is 9.51. The fourth-order valence-corrected chi connectivity index (χ4v) is 2.97. The molecule has 21 heavy (non-hydrogen) atoms. The van der Waals surface area contributed by atoms with Crippen LogP contribution in [0.2, 0.25) is 0 Å². The molecule has 1 aliphatic carbocycles. The number of carbonyl (C=O) groups excluding carboxylic acids is 2. The van der Waals surface area contributed by atoms with E-state index >= 15 is 0 Å². The number of nitrogens with one attached hydrogen (secondary N) is 1. The number of carbonyl (C=O) groups is 2. The van der Waals surface area contributed by atoms with Gasteiger partial charge in [0, 0.05) is 31.6 Å². The van der Waals surface area contributed by atoms with Crippen molar-refractivity contribution in [3.63, 3.8) is 0 Å². The number of amides is 2. The van der Waals surface area contributed by atoms with Gasteiger partial charge < -0.3 is 10.2 Å². The van der Waals surface area contributed by atoms with E-state index in [1.54, 1.807) is 19.1 Å². The maximum absolute atomic E-state index is 12.0. The molecule has 0 bridgehead atoms. The van der Waals surface area contributed by atoms with Gasteiger partial charge >= 0.3 is 0 Å². The summed E-state index contributed by atoms with van der Waals surface area (Å²) >= 11 is 0. The topological polar surface area (TPSA) is 49.4 Å². The second kappa shape index (κ2) is 7.81. The Morgan fingerprint density at radius 3 is 2.43 bits per heavy atom. The molecule has 0 unspecified atom stereocenters. The van der Waals surface area contributed by atoms with Crippen molar-refractivity contribution in [2.24, 2.45) is 0 Å². The fourth-order valence-electron chi connectivity index (χ4n) is 2.97. The molecule has 0 aromatic heterocycles. The summed E-state index contributed by atoms with van der Waals surface area (Å²) in [4.78, 5) is 25.7. The molecule has 1 aliphatic rings. The summed E-state index contributed by atoms with van der Waals surface area (Å²) in [5.74, 6) is 0.0265. The maximum Gasteiger partial charge on any atom is 0.251 e. The molecule has 114 valence electrons. The Balaban J connectivity index is 1.82. The number of benzene rings is 1. The van der Waals surface area contributed by atoms with Crippen molar-refractivity contribution in [3.8, 4) is 0 Å². The first-order chi connectivity index (χ1) is 10.2. The third-order valence-electron chi connectivity index (χ3n) is 4.09. The van der Waals surface area contributed by atoms with E-state index in [9.17, 15) is 9.59 Å². The molecular weight excluding hydrogens is 264 g/mol. The van der Waals surface area contributed by atoms with Gasteiger partial charge in [0.05, 0.1) is 0 Å². The average Bonchev–Trinajstić information content (AvgIpc) is 2.52. The lowest BCUT2D eigenvalue weighted by molar-refractivity contribution is -0.131. The highest BCUT2D eigenvalue weighted by molar-refractivity contribution is 5.94. The van der Waals surface area contributed by atoms with Crippen molar-refractivity contribution in [1.29, 1.82) is 0 Å². The van der Waals surface area contributed by atoms with Crippen LogP contribution in [-0.4, -0.2) is 35.8 Å². The van der Waals surface area contributed by atoms with Crippen molar-refractivity contribution in [2.75, 3.05) is 13.1 Å². The van der Waals surface area contributed by atoms with Crippen LogP contribution in [0.25, 0.3) is 0 Å². The monoisotopic (exact) mass is 288 g/mol. The largest absolute Gasteiger partial charge is 0.350 e. The van der Waals surface area contributed by atoms with Crippen molar-refractivity contribution in [3.05, 3.63) is 35.9 Å². The minimum atomic E-state index is -0.0808. The van der Waals surface area contributed by atoms with E-state index in [4.69, 9.17) is 0 Å². The van der Waals surface area contributed by atoms with Gasteiger partial charge in [0.2, 0.25) is 5.91 Å². The summed E-state index contributed by atoms with van der Waals surface area (Å²) in [6.07, 6.45) is 5.85. The standard InChI is InChI=1S/C17H24N2O2/c1-14(20)19(16-10-6-3-7-11-16)13-12-18-17(21)15-8-4-2-5-9-15/h2,4-5,8-9,16H,3,6-7,10-13H2,1H3,(H,18,21). The first-order valence-corrected chi connectivity index (χ1v) is 7.79. The number of rotatable bonds is 5. The Morgan fingerprint density at radius 2 is 1.81 bits per heavy atom. The molecule has 1 saturated carbocycles. The normalized spacial score (nSPS) is 15.5. The highest BCUT2D eigenvalue weighted by Gasteiger charge is 2.22. The van der Waals surface area contributed by atoms with Crippen LogP contribution in [0.15, 0.2) is 30.3 Å². The van der Waals surface area contributed by atoms with E-state index in [-0.39, 0.29) is 11.8 Å². The van der Waals surface area contributed by atoms with Crippen molar-refractivity contribution >= 4 is 11.8 Å². The summed E-state index contributed by atoms with van der Waals surface area (Å²) in [5.41, 5.74) is 0.657. The van der Waals surface area contributed by atoms with Crippen LogP contribution in [-0.2, 0) is 4.79 Å². The van der Waals surface area contributed by atoms with Gasteiger partial charge in [-0.3, -0.25) is 9.59 Å². The summed E-state index contributed by atoms with van der Waals surface area (Å²) in [7, 11) is 0. The lowest BCUT2D eigenvalue weighted by atomic mass is 9.94. The second-order valence-corrected chi connectivity index (χ2v) is 5.63. The fraction of sp³-hybridized carbons (Fsp3) is 0.529. The van der Waals surface area contributed by atoms with Gasteiger partial charge in [0.1, 0.15) is 0 Å². The Bertz CT molecular complexity index is 467. The van der Waals surface area contributed by atoms with Crippen molar-refractivity contribution in [1.82, 2.24) is 10.2 Å². The minimum Gasteiger partial charge on any atom is -0.350 e. The third kappa shape index (κ3) is 4.59. The third-order valence-corrected chi connectivity index (χ3v) is 4.09. The molecule has 0 heterocycles. The molecule has 1 N–H and O–H groups in total. The Kier molecular flexibility index (Phi) is 5.78. The molecule has 1 aromatic rings.